The number of fused-ring (bicyclic) bond motifs is 5. The van der Waals surface area contributed by atoms with Crippen LogP contribution in [0.25, 0.3) is 120 Å². The largest absolute Gasteiger partial charge is 0.455 e. The smallest absolute Gasteiger partial charge is 0.143 e. The lowest BCUT2D eigenvalue weighted by atomic mass is 9.86. The van der Waals surface area contributed by atoms with Gasteiger partial charge in [0.1, 0.15) is 11.2 Å². The summed E-state index contributed by atoms with van der Waals surface area (Å²) in [6.07, 6.45) is 0. The van der Waals surface area contributed by atoms with Gasteiger partial charge in [-0.2, -0.15) is 0 Å². The van der Waals surface area contributed by atoms with E-state index in [0.29, 0.717) is 0 Å². The molecule has 11 aromatic carbocycles. The van der Waals surface area contributed by atoms with E-state index in [2.05, 4.69) is 158 Å². The molecule has 0 saturated heterocycles. The summed E-state index contributed by atoms with van der Waals surface area (Å²) >= 11 is 0. The molecule has 0 amide bonds. The minimum atomic E-state index is 0.912. The van der Waals surface area contributed by atoms with Crippen LogP contribution in [0.1, 0.15) is 0 Å². The van der Waals surface area contributed by atoms with Crippen molar-refractivity contribution in [1.82, 2.24) is 0 Å². The van der Waals surface area contributed by atoms with Crippen molar-refractivity contribution in [3.63, 3.8) is 0 Å². The third kappa shape index (κ3) is 3.34. The van der Waals surface area contributed by atoms with Crippen LogP contribution < -0.4 is 0 Å². The van der Waals surface area contributed by atoms with Gasteiger partial charge in [-0.05, 0) is 110 Å². The Balaban J connectivity index is 1.24. The van der Waals surface area contributed by atoms with Gasteiger partial charge in [0.05, 0.1) is 0 Å². The number of furan rings is 1. The molecule has 0 aliphatic rings. The van der Waals surface area contributed by atoms with Crippen molar-refractivity contribution < 1.29 is 4.42 Å². The molecule has 1 heterocycles. The van der Waals surface area contributed by atoms with E-state index in [1.807, 2.05) is 0 Å². The van der Waals surface area contributed by atoms with Crippen molar-refractivity contribution in [1.29, 1.82) is 0 Å². The van der Waals surface area contributed by atoms with Crippen molar-refractivity contribution in [2.24, 2.45) is 0 Å². The molecule has 1 heteroatoms. The predicted molar refractivity (Wildman–Crippen MR) is 210 cm³/mol. The van der Waals surface area contributed by atoms with E-state index in [4.69, 9.17) is 4.42 Å². The van der Waals surface area contributed by atoms with Crippen LogP contribution in [0.5, 0.6) is 0 Å². The highest BCUT2D eigenvalue weighted by atomic mass is 16.3. The van der Waals surface area contributed by atoms with Gasteiger partial charge < -0.3 is 4.42 Å². The van der Waals surface area contributed by atoms with Gasteiger partial charge in [-0.1, -0.05) is 140 Å². The molecular formula is C48H26O. The quantitative estimate of drug-likeness (QED) is 0.176. The number of hydrogen-bond donors (Lipinski definition) is 0. The van der Waals surface area contributed by atoms with Crippen LogP contribution >= 0.6 is 0 Å². The van der Waals surface area contributed by atoms with Crippen molar-refractivity contribution in [2.45, 2.75) is 0 Å². The van der Waals surface area contributed by atoms with Gasteiger partial charge in [0.2, 0.25) is 0 Å². The molecule has 0 saturated carbocycles. The van der Waals surface area contributed by atoms with Gasteiger partial charge in [-0.3, -0.25) is 0 Å². The van der Waals surface area contributed by atoms with Crippen LogP contribution in [-0.4, -0.2) is 0 Å². The van der Waals surface area contributed by atoms with E-state index in [9.17, 15) is 0 Å². The van der Waals surface area contributed by atoms with Gasteiger partial charge in [0.25, 0.3) is 0 Å². The molecule has 0 radical (unpaired) electrons. The summed E-state index contributed by atoms with van der Waals surface area (Å²) < 4.78 is 6.94. The van der Waals surface area contributed by atoms with Crippen molar-refractivity contribution in [3.8, 4) is 22.3 Å². The molecule has 1 aromatic heterocycles. The first-order valence-electron chi connectivity index (χ1n) is 17.0. The van der Waals surface area contributed by atoms with E-state index >= 15 is 0 Å². The van der Waals surface area contributed by atoms with Crippen molar-refractivity contribution >= 4 is 97.3 Å². The molecule has 0 N–H and O–H groups in total. The Bertz CT molecular complexity index is 3290. The van der Waals surface area contributed by atoms with Gasteiger partial charge >= 0.3 is 0 Å². The summed E-state index contributed by atoms with van der Waals surface area (Å²) in [5.41, 5.74) is 6.66. The molecule has 49 heavy (non-hydrogen) atoms. The molecule has 224 valence electrons. The van der Waals surface area contributed by atoms with E-state index in [-0.39, 0.29) is 0 Å². The molecule has 0 fully saturated rings. The minimum absolute atomic E-state index is 0.912. The summed E-state index contributed by atoms with van der Waals surface area (Å²) in [6, 6.07) is 58.4. The topological polar surface area (TPSA) is 13.1 Å². The van der Waals surface area contributed by atoms with Crippen LogP contribution in [-0.2, 0) is 0 Å². The van der Waals surface area contributed by atoms with Crippen molar-refractivity contribution in [3.05, 3.63) is 158 Å². The fraction of sp³-hybridized carbons (Fsp3) is 0. The first-order valence-corrected chi connectivity index (χ1v) is 17.0. The van der Waals surface area contributed by atoms with E-state index < -0.39 is 0 Å². The average molecular weight is 619 g/mol. The molecule has 0 bridgehead atoms. The molecule has 12 aromatic rings. The lowest BCUT2D eigenvalue weighted by molar-refractivity contribution is 0.673. The summed E-state index contributed by atoms with van der Waals surface area (Å²) in [4.78, 5) is 0. The highest BCUT2D eigenvalue weighted by molar-refractivity contribution is 6.29. The molecule has 0 aliphatic heterocycles. The first kappa shape index (κ1) is 25.6. The molecule has 0 atom stereocenters. The standard InChI is InChI=1S/C48H26O/c1-2-10-36-27(5-1)15-24-40-47-41(37-21-17-33-14-12-29-7-4-9-31-19-23-39(37)46(33)44(29)31)25-34(26-42(47)49-48(36)40)35-20-16-32-13-11-28-6-3-8-30-18-22-38(35)45(32)43(28)30/h1-26H. The fourth-order valence-electron chi connectivity index (χ4n) is 8.96. The second-order valence-corrected chi connectivity index (χ2v) is 13.6. The van der Waals surface area contributed by atoms with Gasteiger partial charge in [-0.25, -0.2) is 0 Å². The van der Waals surface area contributed by atoms with Crippen molar-refractivity contribution in [2.75, 3.05) is 0 Å². The Morgan fingerprint density at radius 1 is 0.286 bits per heavy atom. The molecule has 0 spiro atoms. The zero-order chi connectivity index (χ0) is 31.8. The second-order valence-electron chi connectivity index (χ2n) is 13.6. The summed E-state index contributed by atoms with van der Waals surface area (Å²) in [6.45, 7) is 0. The van der Waals surface area contributed by atoms with Crippen LogP contribution in [0.3, 0.4) is 0 Å². The highest BCUT2D eigenvalue weighted by Crippen LogP contribution is 2.47. The second kappa shape index (κ2) is 9.13. The minimum Gasteiger partial charge on any atom is -0.455 e. The average Bonchev–Trinajstić information content (AvgIpc) is 3.55. The predicted octanol–water partition coefficient (Wildman–Crippen LogP) is 13.9. The molecule has 1 nitrogen and oxygen atoms in total. The monoisotopic (exact) mass is 618 g/mol. The fourth-order valence-corrected chi connectivity index (χ4v) is 8.96. The van der Waals surface area contributed by atoms with E-state index in [0.717, 1.165) is 32.9 Å². The van der Waals surface area contributed by atoms with E-state index in [1.165, 1.54) is 86.7 Å². The summed E-state index contributed by atoms with van der Waals surface area (Å²) in [5.74, 6) is 0. The number of benzene rings is 11. The molecular weight excluding hydrogens is 593 g/mol. The Labute approximate surface area is 280 Å². The Kier molecular flexibility index (Phi) is 4.77. The van der Waals surface area contributed by atoms with Crippen LogP contribution in [0.2, 0.25) is 0 Å². The van der Waals surface area contributed by atoms with Gasteiger partial charge in [-0.15, -0.1) is 0 Å². The third-order valence-electron chi connectivity index (χ3n) is 11.1. The van der Waals surface area contributed by atoms with Gasteiger partial charge in [0, 0.05) is 16.2 Å². The SMILES string of the molecule is c1ccc2c(c1)ccc1c2oc2cc(-c3ccc4ccc5cccc6ccc3c4c56)cc(-c3ccc4ccc5cccc6ccc3c4c56)c21. The summed E-state index contributed by atoms with van der Waals surface area (Å²) in [5, 5.41) is 20.2. The van der Waals surface area contributed by atoms with E-state index in [1.54, 1.807) is 0 Å². The van der Waals surface area contributed by atoms with Gasteiger partial charge in [0.15, 0.2) is 0 Å². The van der Waals surface area contributed by atoms with Crippen LogP contribution in [0.15, 0.2) is 162 Å². The first-order chi connectivity index (χ1) is 24.3. The Morgan fingerprint density at radius 3 is 1.45 bits per heavy atom. The number of hydrogen-bond acceptors (Lipinski definition) is 1. The molecule has 0 unspecified atom stereocenters. The van der Waals surface area contributed by atoms with Crippen LogP contribution in [0, 0.1) is 0 Å². The maximum atomic E-state index is 6.94. The maximum Gasteiger partial charge on any atom is 0.143 e. The Morgan fingerprint density at radius 2 is 0.776 bits per heavy atom. The zero-order valence-corrected chi connectivity index (χ0v) is 26.4. The summed E-state index contributed by atoms with van der Waals surface area (Å²) in [7, 11) is 0. The molecule has 12 rings (SSSR count). The Hall–Kier alpha value is -6.44. The van der Waals surface area contributed by atoms with Crippen LogP contribution in [0.4, 0.5) is 0 Å². The normalized spacial score (nSPS) is 12.5. The third-order valence-corrected chi connectivity index (χ3v) is 11.1. The highest BCUT2D eigenvalue weighted by Gasteiger charge is 2.21. The maximum absolute atomic E-state index is 6.94. The molecule has 0 aliphatic carbocycles. The zero-order valence-electron chi connectivity index (χ0n) is 26.4. The lowest BCUT2D eigenvalue weighted by Crippen LogP contribution is -1.90. The number of rotatable bonds is 2. The lowest BCUT2D eigenvalue weighted by Gasteiger charge is -2.17.